The summed E-state index contributed by atoms with van der Waals surface area (Å²) >= 11 is 0. The third-order valence-electron chi connectivity index (χ3n) is 3.02. The topological polar surface area (TPSA) is 41.5 Å². The van der Waals surface area contributed by atoms with Gasteiger partial charge in [0.1, 0.15) is 0 Å². The van der Waals surface area contributed by atoms with Gasteiger partial charge in [0.2, 0.25) is 0 Å². The van der Waals surface area contributed by atoms with Crippen molar-refractivity contribution in [2.24, 2.45) is 4.99 Å². The molecule has 1 N–H and O–H groups in total. The maximum absolute atomic E-state index is 11.6. The van der Waals surface area contributed by atoms with E-state index in [2.05, 4.69) is 36.3 Å². The van der Waals surface area contributed by atoms with Gasteiger partial charge in [0.05, 0.1) is 12.3 Å². The summed E-state index contributed by atoms with van der Waals surface area (Å²) in [6.45, 7) is 4.26. The van der Waals surface area contributed by atoms with Crippen LogP contribution in [0.1, 0.15) is 39.5 Å². The zero-order valence-corrected chi connectivity index (χ0v) is 11.0. The standard InChI is InChI=1S/C14H22N2O/c1-4-7-13(16-14(17)10-15-3)12-9-6-5-8-11(12)2/h5,8,10,13H,4,6-7,9H2,1-3H3,(H,16,17)/t13-/m0/s1. The molecule has 1 aliphatic rings. The fraction of sp³-hybridized carbons (Fsp3) is 0.571. The molecule has 1 aliphatic carbocycles. The molecule has 0 aliphatic heterocycles. The van der Waals surface area contributed by atoms with Gasteiger partial charge < -0.3 is 5.32 Å². The van der Waals surface area contributed by atoms with Crippen molar-refractivity contribution in [3.63, 3.8) is 0 Å². The van der Waals surface area contributed by atoms with E-state index in [0.717, 1.165) is 25.7 Å². The summed E-state index contributed by atoms with van der Waals surface area (Å²) in [7, 11) is 1.61. The number of amides is 1. The molecule has 0 aromatic carbocycles. The number of rotatable bonds is 5. The second-order valence-electron chi connectivity index (χ2n) is 4.39. The Kier molecular flexibility index (Phi) is 5.67. The van der Waals surface area contributed by atoms with Crippen molar-refractivity contribution in [2.75, 3.05) is 7.05 Å². The molecule has 3 nitrogen and oxygen atoms in total. The number of hydrogen-bond acceptors (Lipinski definition) is 2. The number of aliphatic imine (C=N–C) groups is 1. The average Bonchev–Trinajstić information content (AvgIpc) is 2.29. The quantitative estimate of drug-likeness (QED) is 0.730. The van der Waals surface area contributed by atoms with Crippen LogP contribution < -0.4 is 5.32 Å². The summed E-state index contributed by atoms with van der Waals surface area (Å²) in [6.07, 6.45) is 9.87. The van der Waals surface area contributed by atoms with Gasteiger partial charge in [0.25, 0.3) is 5.91 Å². The van der Waals surface area contributed by atoms with Crippen molar-refractivity contribution in [3.8, 4) is 0 Å². The van der Waals surface area contributed by atoms with Gasteiger partial charge in [-0.1, -0.05) is 31.1 Å². The molecule has 0 fully saturated rings. The lowest BCUT2D eigenvalue weighted by Crippen LogP contribution is -2.37. The molecule has 0 aromatic rings. The van der Waals surface area contributed by atoms with Gasteiger partial charge >= 0.3 is 0 Å². The number of allylic oxidation sites excluding steroid dienone is 3. The highest BCUT2D eigenvalue weighted by atomic mass is 16.1. The number of nitrogens with zero attached hydrogens (tertiary/aromatic N) is 1. The predicted octanol–water partition coefficient (Wildman–Crippen LogP) is 2.64. The molecule has 0 radical (unpaired) electrons. The van der Waals surface area contributed by atoms with Gasteiger partial charge in [0, 0.05) is 7.05 Å². The molecule has 0 unspecified atom stereocenters. The van der Waals surface area contributed by atoms with E-state index in [9.17, 15) is 4.79 Å². The Morgan fingerprint density at radius 1 is 1.65 bits per heavy atom. The van der Waals surface area contributed by atoms with Crippen LogP contribution >= 0.6 is 0 Å². The Labute approximate surface area is 104 Å². The minimum Gasteiger partial charge on any atom is -0.345 e. The first-order chi connectivity index (χ1) is 8.19. The van der Waals surface area contributed by atoms with E-state index in [0.29, 0.717) is 0 Å². The van der Waals surface area contributed by atoms with Crippen LogP contribution in [0.4, 0.5) is 0 Å². The van der Waals surface area contributed by atoms with Crippen molar-refractivity contribution in [1.82, 2.24) is 5.32 Å². The average molecular weight is 234 g/mol. The maximum Gasteiger partial charge on any atom is 0.262 e. The largest absolute Gasteiger partial charge is 0.345 e. The molecule has 0 spiro atoms. The van der Waals surface area contributed by atoms with E-state index < -0.39 is 0 Å². The fourth-order valence-electron chi connectivity index (χ4n) is 2.20. The lowest BCUT2D eigenvalue weighted by Gasteiger charge is -2.24. The predicted molar refractivity (Wildman–Crippen MR) is 72.3 cm³/mol. The number of hydrogen-bond donors (Lipinski definition) is 1. The van der Waals surface area contributed by atoms with Crippen LogP contribution in [-0.4, -0.2) is 25.2 Å². The van der Waals surface area contributed by atoms with Crippen LogP contribution in [0.3, 0.4) is 0 Å². The normalized spacial score (nSPS) is 17.6. The first-order valence-corrected chi connectivity index (χ1v) is 6.27. The van der Waals surface area contributed by atoms with Gasteiger partial charge in [-0.15, -0.1) is 0 Å². The van der Waals surface area contributed by atoms with Crippen molar-refractivity contribution < 1.29 is 4.79 Å². The second kappa shape index (κ2) is 7.05. The van der Waals surface area contributed by atoms with E-state index >= 15 is 0 Å². The minimum atomic E-state index is -0.0965. The minimum absolute atomic E-state index is 0.0965. The molecule has 0 bridgehead atoms. The zero-order chi connectivity index (χ0) is 12.7. The third-order valence-corrected chi connectivity index (χ3v) is 3.02. The van der Waals surface area contributed by atoms with E-state index in [1.54, 1.807) is 7.05 Å². The molecule has 3 heteroatoms. The molecule has 1 rings (SSSR count). The Morgan fingerprint density at radius 2 is 2.41 bits per heavy atom. The first-order valence-electron chi connectivity index (χ1n) is 6.27. The van der Waals surface area contributed by atoms with E-state index in [1.807, 2.05) is 0 Å². The van der Waals surface area contributed by atoms with Crippen LogP contribution in [0, 0.1) is 0 Å². The Bertz CT molecular complexity index is 353. The monoisotopic (exact) mass is 234 g/mol. The molecule has 0 aromatic heterocycles. The molecule has 1 amide bonds. The summed E-state index contributed by atoms with van der Waals surface area (Å²) in [6, 6.07) is 0.162. The molecule has 94 valence electrons. The van der Waals surface area contributed by atoms with Crippen molar-refractivity contribution in [3.05, 3.63) is 23.3 Å². The fourth-order valence-corrected chi connectivity index (χ4v) is 2.20. The summed E-state index contributed by atoms with van der Waals surface area (Å²) in [5, 5.41) is 3.04. The Hall–Kier alpha value is -1.38. The van der Waals surface area contributed by atoms with E-state index in [1.165, 1.54) is 17.4 Å². The second-order valence-corrected chi connectivity index (χ2v) is 4.39. The summed E-state index contributed by atoms with van der Waals surface area (Å²) in [5.74, 6) is -0.0965. The highest BCUT2D eigenvalue weighted by Gasteiger charge is 2.18. The molecular weight excluding hydrogens is 212 g/mol. The Morgan fingerprint density at radius 3 is 3.00 bits per heavy atom. The van der Waals surface area contributed by atoms with Crippen molar-refractivity contribution >= 4 is 12.1 Å². The molecule has 0 saturated carbocycles. The van der Waals surface area contributed by atoms with Crippen LogP contribution in [0.5, 0.6) is 0 Å². The van der Waals surface area contributed by atoms with Crippen molar-refractivity contribution in [1.29, 1.82) is 0 Å². The van der Waals surface area contributed by atoms with Crippen molar-refractivity contribution in [2.45, 2.75) is 45.6 Å². The van der Waals surface area contributed by atoms with Crippen LogP contribution in [-0.2, 0) is 4.79 Å². The SMILES string of the molecule is CCC[C@H](NC(=O)C=NC)C1=C(C)C=CCC1. The zero-order valence-electron chi connectivity index (χ0n) is 11.0. The van der Waals surface area contributed by atoms with Gasteiger partial charge in [0.15, 0.2) is 0 Å². The van der Waals surface area contributed by atoms with Crippen LogP contribution in [0.2, 0.25) is 0 Å². The molecule has 1 atom stereocenters. The molecular formula is C14H22N2O. The summed E-state index contributed by atoms with van der Waals surface area (Å²) < 4.78 is 0. The van der Waals surface area contributed by atoms with Crippen LogP contribution in [0.25, 0.3) is 0 Å². The molecule has 0 heterocycles. The molecule has 17 heavy (non-hydrogen) atoms. The summed E-state index contributed by atoms with van der Waals surface area (Å²) in [5.41, 5.74) is 2.66. The molecule has 0 saturated heterocycles. The summed E-state index contributed by atoms with van der Waals surface area (Å²) in [4.78, 5) is 15.3. The number of carbonyl (C=O) groups is 1. The highest BCUT2D eigenvalue weighted by molar-refractivity contribution is 6.26. The third kappa shape index (κ3) is 4.17. The van der Waals surface area contributed by atoms with E-state index in [-0.39, 0.29) is 11.9 Å². The van der Waals surface area contributed by atoms with Gasteiger partial charge in [-0.05, 0) is 31.8 Å². The smallest absolute Gasteiger partial charge is 0.262 e. The van der Waals surface area contributed by atoms with Gasteiger partial charge in [-0.3, -0.25) is 9.79 Å². The number of carbonyl (C=O) groups excluding carboxylic acids is 1. The Balaban J connectivity index is 2.78. The van der Waals surface area contributed by atoms with Gasteiger partial charge in [-0.2, -0.15) is 0 Å². The van der Waals surface area contributed by atoms with E-state index in [4.69, 9.17) is 0 Å². The maximum atomic E-state index is 11.6. The number of nitrogens with one attached hydrogen (secondary N) is 1. The van der Waals surface area contributed by atoms with Crippen LogP contribution in [0.15, 0.2) is 28.3 Å². The van der Waals surface area contributed by atoms with Gasteiger partial charge in [-0.25, -0.2) is 0 Å². The lowest BCUT2D eigenvalue weighted by atomic mass is 9.90. The highest BCUT2D eigenvalue weighted by Crippen LogP contribution is 2.23. The first kappa shape index (κ1) is 13.7. The lowest BCUT2D eigenvalue weighted by molar-refractivity contribution is -0.114.